The van der Waals surface area contributed by atoms with Gasteiger partial charge in [-0.25, -0.2) is 28.4 Å². The Labute approximate surface area is 135 Å². The largest absolute Gasteiger partial charge is 0.311 e. The van der Waals surface area contributed by atoms with E-state index in [4.69, 9.17) is 11.6 Å². The molecule has 0 atom stereocenters. The van der Waals surface area contributed by atoms with Gasteiger partial charge in [-0.1, -0.05) is 0 Å². The fraction of sp³-hybridized carbons (Fsp3) is 0.267. The molecule has 0 aliphatic carbocycles. The lowest BCUT2D eigenvalue weighted by Gasteiger charge is -2.35. The van der Waals surface area contributed by atoms with Gasteiger partial charge in [0.15, 0.2) is 11.6 Å². The highest BCUT2D eigenvalue weighted by Gasteiger charge is 2.22. The lowest BCUT2D eigenvalue weighted by Crippen LogP contribution is -2.46. The molecule has 0 saturated carbocycles. The molecule has 1 fully saturated rings. The Morgan fingerprint density at radius 1 is 1.13 bits per heavy atom. The van der Waals surface area contributed by atoms with Crippen LogP contribution in [0.1, 0.15) is 12.2 Å². The normalized spacial score (nSPS) is 14.3. The average molecular weight is 336 g/mol. The van der Waals surface area contributed by atoms with Crippen molar-refractivity contribution in [3.05, 3.63) is 41.1 Å². The number of imidazole rings is 1. The third-order valence-corrected chi connectivity index (χ3v) is 4.14. The van der Waals surface area contributed by atoms with Gasteiger partial charge < -0.3 is 5.01 Å². The summed E-state index contributed by atoms with van der Waals surface area (Å²) in [7, 11) is 0. The quantitative estimate of drug-likeness (QED) is 0.675. The predicted molar refractivity (Wildman–Crippen MR) is 83.0 cm³/mol. The summed E-state index contributed by atoms with van der Waals surface area (Å²) in [5.41, 5.74) is 1.13. The highest BCUT2D eigenvalue weighted by atomic mass is 35.5. The first-order valence-corrected chi connectivity index (χ1v) is 7.54. The molecule has 1 saturated heterocycles. The zero-order valence-electron chi connectivity index (χ0n) is 12.2. The summed E-state index contributed by atoms with van der Waals surface area (Å²) in [6.45, 7) is 3.58. The number of hydrogen-bond acceptors (Lipinski definition) is 4. The molecule has 1 aliphatic rings. The first-order chi connectivity index (χ1) is 11.0. The number of aryl methyl sites for hydroxylation is 1. The third kappa shape index (κ3) is 2.23. The van der Waals surface area contributed by atoms with Gasteiger partial charge in [-0.2, -0.15) is 0 Å². The second kappa shape index (κ2) is 5.13. The van der Waals surface area contributed by atoms with Crippen LogP contribution in [-0.2, 0) is 0 Å². The second-order valence-corrected chi connectivity index (χ2v) is 5.78. The highest BCUT2D eigenvalue weighted by Crippen LogP contribution is 2.29. The summed E-state index contributed by atoms with van der Waals surface area (Å²) in [4.78, 5) is 11.7. The molecular formula is C15H12ClF2N5. The minimum atomic E-state index is -0.653. The van der Waals surface area contributed by atoms with Crippen LogP contribution in [0.25, 0.3) is 22.3 Å². The Morgan fingerprint density at radius 3 is 2.61 bits per heavy atom. The minimum Gasteiger partial charge on any atom is -0.311 e. The molecule has 2 aromatic heterocycles. The average Bonchev–Trinajstić information content (AvgIpc) is 2.78. The van der Waals surface area contributed by atoms with Gasteiger partial charge in [-0.3, -0.25) is 0 Å². The summed E-state index contributed by atoms with van der Waals surface area (Å²) < 4.78 is 30.3. The highest BCUT2D eigenvalue weighted by molar-refractivity contribution is 6.28. The number of hydrogen-bond donors (Lipinski definition) is 0. The van der Waals surface area contributed by atoms with E-state index in [0.29, 0.717) is 16.9 Å². The molecule has 8 heteroatoms. The Kier molecular flexibility index (Phi) is 3.19. The molecule has 3 heterocycles. The molecule has 1 aromatic carbocycles. The van der Waals surface area contributed by atoms with Gasteiger partial charge >= 0.3 is 0 Å². The van der Waals surface area contributed by atoms with Crippen molar-refractivity contribution >= 4 is 22.6 Å². The van der Waals surface area contributed by atoms with Crippen molar-refractivity contribution in [2.24, 2.45) is 0 Å². The van der Waals surface area contributed by atoms with Crippen LogP contribution in [0, 0.1) is 18.6 Å². The van der Waals surface area contributed by atoms with Crippen molar-refractivity contribution in [1.82, 2.24) is 19.6 Å². The number of rotatable bonds is 2. The zero-order valence-corrected chi connectivity index (χ0v) is 13.0. The van der Waals surface area contributed by atoms with Gasteiger partial charge in [0, 0.05) is 18.7 Å². The molecule has 0 radical (unpaired) electrons. The SMILES string of the molecule is Cc1nc2c(F)cc(-c3nc(Cl)ncc3F)cc2n1N1CCC1. The zero-order chi connectivity index (χ0) is 16.1. The summed E-state index contributed by atoms with van der Waals surface area (Å²) in [5.74, 6) is -0.481. The molecule has 0 bridgehead atoms. The van der Waals surface area contributed by atoms with E-state index in [-0.39, 0.29) is 16.5 Å². The van der Waals surface area contributed by atoms with Crippen LogP contribution in [-0.4, -0.2) is 32.7 Å². The van der Waals surface area contributed by atoms with Crippen LogP contribution in [0.4, 0.5) is 8.78 Å². The first kappa shape index (κ1) is 14.3. The van der Waals surface area contributed by atoms with Crippen LogP contribution in [0.15, 0.2) is 18.3 Å². The summed E-state index contributed by atoms with van der Waals surface area (Å²) in [5, 5.41) is 1.98. The number of halogens is 3. The van der Waals surface area contributed by atoms with Gasteiger partial charge in [-0.15, -0.1) is 0 Å². The maximum Gasteiger partial charge on any atom is 0.223 e. The molecule has 0 spiro atoms. The van der Waals surface area contributed by atoms with E-state index in [9.17, 15) is 8.78 Å². The Bertz CT molecular complexity index is 920. The van der Waals surface area contributed by atoms with Crippen LogP contribution in [0.3, 0.4) is 0 Å². The summed E-state index contributed by atoms with van der Waals surface area (Å²) in [6, 6.07) is 2.90. The van der Waals surface area contributed by atoms with Gasteiger partial charge in [0.05, 0.1) is 11.7 Å². The molecule has 4 rings (SSSR count). The Morgan fingerprint density at radius 2 is 1.91 bits per heavy atom. The number of aromatic nitrogens is 4. The molecule has 3 aromatic rings. The van der Waals surface area contributed by atoms with Crippen molar-refractivity contribution in [2.75, 3.05) is 18.1 Å². The number of benzene rings is 1. The minimum absolute atomic E-state index is 0.0280. The molecule has 23 heavy (non-hydrogen) atoms. The van der Waals surface area contributed by atoms with Crippen LogP contribution >= 0.6 is 11.6 Å². The fourth-order valence-electron chi connectivity index (χ4n) is 2.78. The monoisotopic (exact) mass is 335 g/mol. The van der Waals surface area contributed by atoms with Crippen molar-refractivity contribution in [1.29, 1.82) is 0 Å². The Hall–Kier alpha value is -2.28. The summed E-state index contributed by atoms with van der Waals surface area (Å²) in [6.07, 6.45) is 2.06. The second-order valence-electron chi connectivity index (χ2n) is 5.44. The third-order valence-electron chi connectivity index (χ3n) is 3.96. The van der Waals surface area contributed by atoms with Gasteiger partial charge in [-0.05, 0) is 37.1 Å². The van der Waals surface area contributed by atoms with E-state index in [1.807, 2.05) is 11.6 Å². The standard InChI is InChI=1S/C15H12ClF2N5/c1-8-20-14-10(17)5-9(13-11(18)7-19-15(16)21-13)6-12(14)23(8)22-3-2-4-22/h5-7H,2-4H2,1H3. The van der Waals surface area contributed by atoms with E-state index >= 15 is 0 Å². The lowest BCUT2D eigenvalue weighted by atomic mass is 10.1. The van der Waals surface area contributed by atoms with Crippen molar-refractivity contribution in [2.45, 2.75) is 13.3 Å². The molecule has 1 aliphatic heterocycles. The van der Waals surface area contributed by atoms with E-state index in [2.05, 4.69) is 20.0 Å². The fourth-order valence-corrected chi connectivity index (χ4v) is 2.91. The van der Waals surface area contributed by atoms with Crippen molar-refractivity contribution in [3.63, 3.8) is 0 Å². The van der Waals surface area contributed by atoms with Crippen molar-refractivity contribution in [3.8, 4) is 11.3 Å². The first-order valence-electron chi connectivity index (χ1n) is 7.17. The smallest absolute Gasteiger partial charge is 0.223 e. The van der Waals surface area contributed by atoms with E-state index in [0.717, 1.165) is 25.7 Å². The number of fused-ring (bicyclic) bond motifs is 1. The van der Waals surface area contributed by atoms with E-state index in [1.165, 1.54) is 6.07 Å². The predicted octanol–water partition coefficient (Wildman–Crippen LogP) is 3.08. The van der Waals surface area contributed by atoms with Gasteiger partial charge in [0.1, 0.15) is 17.0 Å². The molecule has 5 nitrogen and oxygen atoms in total. The summed E-state index contributed by atoms with van der Waals surface area (Å²) >= 11 is 5.73. The van der Waals surface area contributed by atoms with Crippen LogP contribution in [0.2, 0.25) is 5.28 Å². The topological polar surface area (TPSA) is 46.8 Å². The maximum absolute atomic E-state index is 14.5. The number of nitrogens with zero attached hydrogens (tertiary/aromatic N) is 5. The van der Waals surface area contributed by atoms with Crippen LogP contribution in [0.5, 0.6) is 0 Å². The van der Waals surface area contributed by atoms with Crippen LogP contribution < -0.4 is 5.01 Å². The maximum atomic E-state index is 14.5. The van der Waals surface area contributed by atoms with Gasteiger partial charge in [0.2, 0.25) is 5.28 Å². The molecule has 0 unspecified atom stereocenters. The van der Waals surface area contributed by atoms with Gasteiger partial charge in [0.25, 0.3) is 0 Å². The molecule has 0 amide bonds. The lowest BCUT2D eigenvalue weighted by molar-refractivity contribution is 0.472. The van der Waals surface area contributed by atoms with Crippen molar-refractivity contribution < 1.29 is 8.78 Å². The molecular weight excluding hydrogens is 324 g/mol. The van der Waals surface area contributed by atoms with E-state index in [1.54, 1.807) is 6.07 Å². The molecule has 118 valence electrons. The molecule has 0 N–H and O–H groups in total. The van der Waals surface area contributed by atoms with E-state index < -0.39 is 11.6 Å². The Balaban J connectivity index is 1.97.